The van der Waals surface area contributed by atoms with E-state index in [1.54, 1.807) is 24.3 Å². The van der Waals surface area contributed by atoms with Gasteiger partial charge in [-0.2, -0.15) is 4.99 Å². The summed E-state index contributed by atoms with van der Waals surface area (Å²) >= 11 is 0. The Hall–Kier alpha value is -2.70. The summed E-state index contributed by atoms with van der Waals surface area (Å²) in [6, 6.07) is 8.69. The van der Waals surface area contributed by atoms with Crippen LogP contribution in [0.1, 0.15) is 13.8 Å². The third kappa shape index (κ3) is 2.82. The molecular formula is C13H15N5O2. The molecule has 1 aromatic carbocycles. The minimum absolute atomic E-state index is 0.00549. The van der Waals surface area contributed by atoms with Crippen molar-refractivity contribution in [1.29, 1.82) is 0 Å². The number of hydrogen-bond acceptors (Lipinski definition) is 3. The zero-order chi connectivity index (χ0) is 14.7. The van der Waals surface area contributed by atoms with E-state index in [0.717, 1.165) is 0 Å². The first kappa shape index (κ1) is 13.7. The number of aliphatic imine (C=N–C) groups is 2. The van der Waals surface area contributed by atoms with Gasteiger partial charge in [-0.25, -0.2) is 9.89 Å². The van der Waals surface area contributed by atoms with Crippen molar-refractivity contribution in [1.82, 2.24) is 5.32 Å². The summed E-state index contributed by atoms with van der Waals surface area (Å²) < 4.78 is 0. The van der Waals surface area contributed by atoms with Crippen LogP contribution in [0.5, 0.6) is 0 Å². The molecule has 1 heterocycles. The smallest absolute Gasteiger partial charge is 0.323 e. The van der Waals surface area contributed by atoms with E-state index in [1.165, 1.54) is 4.90 Å². The molecule has 0 radical (unpaired) electrons. The Morgan fingerprint density at radius 2 is 1.90 bits per heavy atom. The van der Waals surface area contributed by atoms with Crippen LogP contribution in [-0.2, 0) is 9.59 Å². The number of anilines is 1. The number of carbonyl (C=O) groups excluding carboxylic acids is 2. The number of benzene rings is 1. The molecule has 0 aliphatic carbocycles. The fraction of sp³-hybridized carbons (Fsp3) is 0.231. The number of nitrogens with two attached hydrogens (primary N) is 1. The van der Waals surface area contributed by atoms with E-state index in [2.05, 4.69) is 15.3 Å². The van der Waals surface area contributed by atoms with Crippen LogP contribution in [0.25, 0.3) is 0 Å². The summed E-state index contributed by atoms with van der Waals surface area (Å²) in [6.07, 6.45) is 0. The predicted octanol–water partition coefficient (Wildman–Crippen LogP) is 0.229. The van der Waals surface area contributed by atoms with Crippen LogP contribution < -0.4 is 16.0 Å². The normalized spacial score (nSPS) is 18.1. The molecule has 1 aliphatic heterocycles. The molecule has 0 unspecified atom stereocenters. The molecule has 2 amide bonds. The van der Waals surface area contributed by atoms with Crippen LogP contribution in [0.3, 0.4) is 0 Å². The fourth-order valence-corrected chi connectivity index (χ4v) is 1.71. The summed E-state index contributed by atoms with van der Waals surface area (Å²) in [5.74, 6) is -1.38. The van der Waals surface area contributed by atoms with Gasteiger partial charge in [-0.15, -0.1) is 0 Å². The van der Waals surface area contributed by atoms with Crippen molar-refractivity contribution in [2.24, 2.45) is 15.7 Å². The molecule has 1 aromatic rings. The quantitative estimate of drug-likeness (QED) is 0.458. The Bertz CT molecular complexity index is 592. The van der Waals surface area contributed by atoms with Crippen LogP contribution in [0, 0.1) is 0 Å². The van der Waals surface area contributed by atoms with E-state index in [4.69, 9.17) is 5.73 Å². The Labute approximate surface area is 116 Å². The summed E-state index contributed by atoms with van der Waals surface area (Å²) in [7, 11) is 0. The molecule has 0 atom stereocenters. The molecule has 1 saturated heterocycles. The van der Waals surface area contributed by atoms with E-state index in [9.17, 15) is 9.59 Å². The highest BCUT2D eigenvalue weighted by molar-refractivity contribution is 6.54. The average molecular weight is 273 g/mol. The van der Waals surface area contributed by atoms with Crippen LogP contribution in [0.2, 0.25) is 0 Å². The lowest BCUT2D eigenvalue weighted by atomic mass is 10.3. The van der Waals surface area contributed by atoms with Crippen LogP contribution in [0.4, 0.5) is 5.69 Å². The molecule has 7 nitrogen and oxygen atoms in total. The van der Waals surface area contributed by atoms with Gasteiger partial charge in [0.2, 0.25) is 11.9 Å². The van der Waals surface area contributed by atoms with Gasteiger partial charge >= 0.3 is 11.8 Å². The minimum atomic E-state index is -0.745. The third-order valence-electron chi connectivity index (χ3n) is 2.46. The number of amides is 2. The lowest BCUT2D eigenvalue weighted by Crippen LogP contribution is -2.34. The second-order valence-corrected chi connectivity index (χ2v) is 4.45. The number of carbonyl (C=O) groups is 2. The molecule has 1 aliphatic rings. The van der Waals surface area contributed by atoms with Crippen molar-refractivity contribution in [3.8, 4) is 0 Å². The molecule has 0 spiro atoms. The maximum atomic E-state index is 11.9. The third-order valence-corrected chi connectivity index (χ3v) is 2.46. The van der Waals surface area contributed by atoms with Crippen molar-refractivity contribution >= 4 is 29.4 Å². The van der Waals surface area contributed by atoms with E-state index >= 15 is 0 Å². The largest absolute Gasteiger partial charge is 0.368 e. The van der Waals surface area contributed by atoms with Crippen molar-refractivity contribution in [2.45, 2.75) is 19.9 Å². The van der Waals surface area contributed by atoms with Gasteiger partial charge in [0.25, 0.3) is 0 Å². The highest BCUT2D eigenvalue weighted by Gasteiger charge is 2.36. The van der Waals surface area contributed by atoms with Crippen LogP contribution in [-0.4, -0.2) is 29.8 Å². The number of hydrogen-bond donors (Lipinski definition) is 2. The second-order valence-electron chi connectivity index (χ2n) is 4.45. The Balaban J connectivity index is 2.39. The first-order valence-electron chi connectivity index (χ1n) is 6.11. The molecule has 2 rings (SSSR count). The molecule has 3 N–H and O–H groups in total. The number of guanidine groups is 2. The molecule has 1 fully saturated rings. The second kappa shape index (κ2) is 5.52. The SMILES string of the molecule is CC(C)N=C(N)/N=C1\NC(=O)C(=O)N1c1ccccc1. The topological polar surface area (TPSA) is 100 Å². The maximum Gasteiger partial charge on any atom is 0.323 e. The molecule has 0 aromatic heterocycles. The van der Waals surface area contributed by atoms with Crippen molar-refractivity contribution in [3.63, 3.8) is 0 Å². The van der Waals surface area contributed by atoms with Crippen molar-refractivity contribution in [2.75, 3.05) is 4.90 Å². The summed E-state index contributed by atoms with van der Waals surface area (Å²) in [5.41, 5.74) is 6.19. The molecular weight excluding hydrogens is 258 g/mol. The number of rotatable bonds is 2. The van der Waals surface area contributed by atoms with Crippen LogP contribution in [0.15, 0.2) is 40.3 Å². The lowest BCUT2D eigenvalue weighted by molar-refractivity contribution is -0.134. The molecule has 7 heteroatoms. The van der Waals surface area contributed by atoms with Gasteiger partial charge in [0.1, 0.15) is 0 Å². The van der Waals surface area contributed by atoms with Gasteiger partial charge in [0, 0.05) is 6.04 Å². The van der Waals surface area contributed by atoms with Crippen LogP contribution >= 0.6 is 0 Å². The molecule has 104 valence electrons. The maximum absolute atomic E-state index is 11.9. The molecule has 0 saturated carbocycles. The predicted molar refractivity (Wildman–Crippen MR) is 76.3 cm³/mol. The Morgan fingerprint density at radius 3 is 2.50 bits per heavy atom. The first-order valence-corrected chi connectivity index (χ1v) is 6.11. The zero-order valence-electron chi connectivity index (χ0n) is 11.2. The molecule has 0 bridgehead atoms. The standard InChI is InChI=1S/C13H15N5O2/c1-8(2)15-12(14)17-13-16-10(19)11(20)18(13)9-6-4-3-5-7-9/h3-8H,1-2H3,(H3,14,15,16,17,19). The zero-order valence-corrected chi connectivity index (χ0v) is 11.2. The fourth-order valence-electron chi connectivity index (χ4n) is 1.71. The summed E-state index contributed by atoms with van der Waals surface area (Å²) in [4.78, 5) is 32.6. The highest BCUT2D eigenvalue weighted by Crippen LogP contribution is 2.16. The number of nitrogens with zero attached hydrogens (tertiary/aromatic N) is 3. The molecule has 20 heavy (non-hydrogen) atoms. The van der Waals surface area contributed by atoms with E-state index in [1.807, 2.05) is 19.9 Å². The lowest BCUT2D eigenvalue weighted by Gasteiger charge is -2.14. The Morgan fingerprint density at radius 1 is 1.25 bits per heavy atom. The summed E-state index contributed by atoms with van der Waals surface area (Å²) in [6.45, 7) is 3.70. The van der Waals surface area contributed by atoms with Gasteiger partial charge in [0.05, 0.1) is 5.69 Å². The number of nitrogens with one attached hydrogen (secondary N) is 1. The van der Waals surface area contributed by atoms with E-state index < -0.39 is 11.8 Å². The van der Waals surface area contributed by atoms with Crippen molar-refractivity contribution < 1.29 is 9.59 Å². The summed E-state index contributed by atoms with van der Waals surface area (Å²) in [5, 5.41) is 2.38. The average Bonchev–Trinajstić information content (AvgIpc) is 2.64. The van der Waals surface area contributed by atoms with Crippen molar-refractivity contribution in [3.05, 3.63) is 30.3 Å². The van der Waals surface area contributed by atoms with Gasteiger partial charge in [-0.3, -0.25) is 14.9 Å². The van der Waals surface area contributed by atoms with Gasteiger partial charge in [0.15, 0.2) is 0 Å². The first-order chi connectivity index (χ1) is 9.49. The van der Waals surface area contributed by atoms with E-state index in [0.29, 0.717) is 5.69 Å². The van der Waals surface area contributed by atoms with Gasteiger partial charge in [-0.05, 0) is 26.0 Å². The monoisotopic (exact) mass is 273 g/mol. The number of para-hydroxylation sites is 1. The van der Waals surface area contributed by atoms with Gasteiger partial charge < -0.3 is 5.73 Å². The Kier molecular flexibility index (Phi) is 3.79. The highest BCUT2D eigenvalue weighted by atomic mass is 16.2. The minimum Gasteiger partial charge on any atom is -0.368 e. The van der Waals surface area contributed by atoms with Gasteiger partial charge in [-0.1, -0.05) is 18.2 Å². The van der Waals surface area contributed by atoms with E-state index in [-0.39, 0.29) is 18.0 Å².